The summed E-state index contributed by atoms with van der Waals surface area (Å²) in [5.74, 6) is 1.10. The van der Waals surface area contributed by atoms with E-state index < -0.39 is 0 Å². The van der Waals surface area contributed by atoms with Gasteiger partial charge >= 0.3 is 0 Å². The molecule has 0 atom stereocenters. The number of rotatable bonds is 3. The van der Waals surface area contributed by atoms with Crippen molar-refractivity contribution in [2.45, 2.75) is 19.8 Å². The molecule has 1 aliphatic rings. The monoisotopic (exact) mass is 223 g/mol. The zero-order valence-electron chi connectivity index (χ0n) is 9.45. The molecule has 88 valence electrons. The summed E-state index contributed by atoms with van der Waals surface area (Å²) in [6.07, 6.45) is 2.25. The predicted molar refractivity (Wildman–Crippen MR) is 59.2 cm³/mol. The third-order valence-corrected chi connectivity index (χ3v) is 2.87. The highest BCUT2D eigenvalue weighted by molar-refractivity contribution is 5.92. The number of hydrogen-bond donors (Lipinski definition) is 2. The van der Waals surface area contributed by atoms with Gasteiger partial charge in [-0.05, 0) is 38.8 Å². The van der Waals surface area contributed by atoms with Gasteiger partial charge in [-0.15, -0.1) is 0 Å². The van der Waals surface area contributed by atoms with Crippen LogP contribution in [0.5, 0.6) is 0 Å². The number of nitrogens with zero attached hydrogens (tertiary/aromatic N) is 1. The Bertz CT molecular complexity index is 356. The van der Waals surface area contributed by atoms with E-state index >= 15 is 0 Å². The number of carbonyl (C=O) groups excluding carboxylic acids is 1. The molecular formula is C11H17N3O2. The Balaban J connectivity index is 1.79. The van der Waals surface area contributed by atoms with E-state index in [4.69, 9.17) is 4.52 Å². The van der Waals surface area contributed by atoms with Crippen molar-refractivity contribution in [2.75, 3.05) is 19.6 Å². The molecule has 1 aliphatic heterocycles. The van der Waals surface area contributed by atoms with Crippen molar-refractivity contribution in [1.29, 1.82) is 0 Å². The van der Waals surface area contributed by atoms with Gasteiger partial charge in [0.15, 0.2) is 5.69 Å². The maximum absolute atomic E-state index is 11.7. The zero-order valence-corrected chi connectivity index (χ0v) is 9.45. The standard InChI is InChI=1S/C11H17N3O2/c1-8-6-10(14-16-8)11(15)13-7-9-2-4-12-5-3-9/h6,9,12H,2-5,7H2,1H3,(H,13,15). The third-order valence-electron chi connectivity index (χ3n) is 2.87. The Morgan fingerprint density at radius 3 is 3.00 bits per heavy atom. The van der Waals surface area contributed by atoms with Crippen molar-refractivity contribution in [3.8, 4) is 0 Å². The lowest BCUT2D eigenvalue weighted by atomic mass is 9.98. The van der Waals surface area contributed by atoms with E-state index in [2.05, 4.69) is 15.8 Å². The summed E-state index contributed by atoms with van der Waals surface area (Å²) in [4.78, 5) is 11.7. The molecule has 0 radical (unpaired) electrons. The average molecular weight is 223 g/mol. The fourth-order valence-corrected chi connectivity index (χ4v) is 1.89. The van der Waals surface area contributed by atoms with Gasteiger partial charge in [-0.25, -0.2) is 0 Å². The molecule has 5 heteroatoms. The Hall–Kier alpha value is -1.36. The molecule has 1 amide bonds. The topological polar surface area (TPSA) is 67.2 Å². The fourth-order valence-electron chi connectivity index (χ4n) is 1.89. The lowest BCUT2D eigenvalue weighted by molar-refractivity contribution is 0.0935. The van der Waals surface area contributed by atoms with Crippen LogP contribution in [-0.2, 0) is 0 Å². The predicted octanol–water partition coefficient (Wildman–Crippen LogP) is 0.712. The number of aryl methyl sites for hydroxylation is 1. The molecule has 0 saturated carbocycles. The summed E-state index contributed by atoms with van der Waals surface area (Å²) in [5.41, 5.74) is 0.367. The van der Waals surface area contributed by atoms with Crippen molar-refractivity contribution in [3.05, 3.63) is 17.5 Å². The smallest absolute Gasteiger partial charge is 0.273 e. The molecule has 5 nitrogen and oxygen atoms in total. The Labute approximate surface area is 94.6 Å². The first-order valence-electron chi connectivity index (χ1n) is 5.68. The summed E-state index contributed by atoms with van der Waals surface area (Å²) in [7, 11) is 0. The van der Waals surface area contributed by atoms with Gasteiger partial charge in [0.25, 0.3) is 5.91 Å². The number of carbonyl (C=O) groups is 1. The highest BCUT2D eigenvalue weighted by Crippen LogP contribution is 2.10. The molecule has 2 N–H and O–H groups in total. The number of amides is 1. The van der Waals surface area contributed by atoms with Gasteiger partial charge < -0.3 is 15.2 Å². The van der Waals surface area contributed by atoms with Crippen LogP contribution in [0.25, 0.3) is 0 Å². The number of aromatic nitrogens is 1. The Kier molecular flexibility index (Phi) is 3.56. The maximum Gasteiger partial charge on any atom is 0.273 e. The van der Waals surface area contributed by atoms with Gasteiger partial charge in [0.1, 0.15) is 5.76 Å². The minimum absolute atomic E-state index is 0.143. The van der Waals surface area contributed by atoms with Crippen molar-refractivity contribution in [2.24, 2.45) is 5.92 Å². The van der Waals surface area contributed by atoms with E-state index in [9.17, 15) is 4.79 Å². The molecule has 0 aromatic carbocycles. The summed E-state index contributed by atoms with van der Waals surface area (Å²) >= 11 is 0. The van der Waals surface area contributed by atoms with Gasteiger partial charge in [0, 0.05) is 12.6 Å². The van der Waals surface area contributed by atoms with E-state index in [1.54, 1.807) is 13.0 Å². The lowest BCUT2D eigenvalue weighted by Crippen LogP contribution is -2.36. The molecule has 1 saturated heterocycles. The zero-order chi connectivity index (χ0) is 11.4. The molecule has 2 rings (SSSR count). The number of piperidine rings is 1. The van der Waals surface area contributed by atoms with Crippen molar-refractivity contribution < 1.29 is 9.32 Å². The van der Waals surface area contributed by atoms with Gasteiger partial charge in [-0.3, -0.25) is 4.79 Å². The molecule has 0 aliphatic carbocycles. The molecule has 1 fully saturated rings. The highest BCUT2D eigenvalue weighted by atomic mass is 16.5. The van der Waals surface area contributed by atoms with Crippen molar-refractivity contribution in [1.82, 2.24) is 15.8 Å². The summed E-state index contributed by atoms with van der Waals surface area (Å²) < 4.78 is 4.86. The van der Waals surface area contributed by atoms with E-state index in [0.29, 0.717) is 17.4 Å². The van der Waals surface area contributed by atoms with Gasteiger partial charge in [0.05, 0.1) is 0 Å². The number of nitrogens with one attached hydrogen (secondary N) is 2. The second-order valence-electron chi connectivity index (χ2n) is 4.23. The van der Waals surface area contributed by atoms with Crippen LogP contribution in [0.4, 0.5) is 0 Å². The minimum Gasteiger partial charge on any atom is -0.361 e. The van der Waals surface area contributed by atoms with Crippen LogP contribution < -0.4 is 10.6 Å². The van der Waals surface area contributed by atoms with Crippen LogP contribution in [0, 0.1) is 12.8 Å². The first kappa shape index (κ1) is 11.1. The molecule has 1 aromatic rings. The first-order valence-corrected chi connectivity index (χ1v) is 5.68. The molecule has 0 spiro atoms. The minimum atomic E-state index is -0.143. The second-order valence-corrected chi connectivity index (χ2v) is 4.23. The molecule has 0 bridgehead atoms. The summed E-state index contributed by atoms with van der Waals surface area (Å²) in [6, 6.07) is 1.65. The fraction of sp³-hybridized carbons (Fsp3) is 0.636. The molecule has 16 heavy (non-hydrogen) atoms. The molecule has 1 aromatic heterocycles. The van der Waals surface area contributed by atoms with Crippen LogP contribution in [0.2, 0.25) is 0 Å². The van der Waals surface area contributed by atoms with Gasteiger partial charge in [-0.1, -0.05) is 5.16 Å². The van der Waals surface area contributed by atoms with E-state index in [1.165, 1.54) is 0 Å². The molecular weight excluding hydrogens is 206 g/mol. The van der Waals surface area contributed by atoms with E-state index in [1.807, 2.05) is 0 Å². The van der Waals surface area contributed by atoms with Crippen LogP contribution in [0.3, 0.4) is 0 Å². The Morgan fingerprint density at radius 2 is 2.38 bits per heavy atom. The van der Waals surface area contributed by atoms with Gasteiger partial charge in [-0.2, -0.15) is 0 Å². The van der Waals surface area contributed by atoms with Crippen molar-refractivity contribution >= 4 is 5.91 Å². The van der Waals surface area contributed by atoms with Crippen LogP contribution in [0.15, 0.2) is 10.6 Å². The molecule has 2 heterocycles. The SMILES string of the molecule is Cc1cc(C(=O)NCC2CCNCC2)no1. The number of hydrogen-bond acceptors (Lipinski definition) is 4. The van der Waals surface area contributed by atoms with Crippen molar-refractivity contribution in [3.63, 3.8) is 0 Å². The highest BCUT2D eigenvalue weighted by Gasteiger charge is 2.16. The maximum atomic E-state index is 11.7. The van der Waals surface area contributed by atoms with Crippen LogP contribution in [-0.4, -0.2) is 30.7 Å². The molecule has 0 unspecified atom stereocenters. The average Bonchev–Trinajstić information content (AvgIpc) is 2.74. The van der Waals surface area contributed by atoms with Crippen LogP contribution >= 0.6 is 0 Å². The lowest BCUT2D eigenvalue weighted by Gasteiger charge is -2.22. The largest absolute Gasteiger partial charge is 0.361 e. The first-order chi connectivity index (χ1) is 7.75. The quantitative estimate of drug-likeness (QED) is 0.792. The van der Waals surface area contributed by atoms with E-state index in [-0.39, 0.29) is 5.91 Å². The van der Waals surface area contributed by atoms with E-state index in [0.717, 1.165) is 32.5 Å². The summed E-state index contributed by atoms with van der Waals surface area (Å²) in [6.45, 7) is 4.59. The Morgan fingerprint density at radius 1 is 1.62 bits per heavy atom. The second kappa shape index (κ2) is 5.12. The van der Waals surface area contributed by atoms with Gasteiger partial charge in [0.2, 0.25) is 0 Å². The third kappa shape index (κ3) is 2.82. The van der Waals surface area contributed by atoms with Crippen LogP contribution in [0.1, 0.15) is 29.1 Å². The summed E-state index contributed by atoms with van der Waals surface area (Å²) in [5, 5.41) is 9.87. The normalized spacial score (nSPS) is 17.3.